The molecular weight excluding hydrogens is 294 g/mol. The zero-order chi connectivity index (χ0) is 16.6. The third-order valence-electron chi connectivity index (χ3n) is 3.70. The van der Waals surface area contributed by atoms with Gasteiger partial charge in [-0.05, 0) is 32.4 Å². The Bertz CT molecular complexity index is 901. The smallest absolute Gasteiger partial charge is 0.271 e. The average Bonchev–Trinajstić information content (AvgIpc) is 2.89. The number of non-ortho nitro benzene ring substituents is 1. The molecular formula is C16H17N5O2. The van der Waals surface area contributed by atoms with E-state index >= 15 is 0 Å². The largest absolute Gasteiger partial charge is 0.379 e. The summed E-state index contributed by atoms with van der Waals surface area (Å²) in [7, 11) is 0. The van der Waals surface area contributed by atoms with Crippen molar-refractivity contribution < 1.29 is 4.92 Å². The number of anilines is 1. The number of nitrogens with zero attached hydrogens (tertiary/aromatic N) is 4. The highest BCUT2D eigenvalue weighted by atomic mass is 16.6. The summed E-state index contributed by atoms with van der Waals surface area (Å²) in [6.07, 6.45) is 1.93. The molecule has 7 heteroatoms. The molecule has 0 radical (unpaired) electrons. The summed E-state index contributed by atoms with van der Waals surface area (Å²) in [4.78, 5) is 19.4. The van der Waals surface area contributed by atoms with Gasteiger partial charge in [-0.2, -0.15) is 0 Å². The fraction of sp³-hybridized carbons (Fsp3) is 0.250. The lowest BCUT2D eigenvalue weighted by molar-refractivity contribution is -0.384. The molecule has 1 N–H and O–H groups in total. The molecule has 0 spiro atoms. The molecule has 7 nitrogen and oxygen atoms in total. The van der Waals surface area contributed by atoms with Crippen LogP contribution in [0.25, 0.3) is 5.78 Å². The second kappa shape index (κ2) is 5.68. The van der Waals surface area contributed by atoms with Crippen molar-refractivity contribution in [2.24, 2.45) is 0 Å². The number of nitro groups is 1. The predicted molar refractivity (Wildman–Crippen MR) is 87.6 cm³/mol. The van der Waals surface area contributed by atoms with Crippen LogP contribution in [-0.2, 0) is 6.54 Å². The number of hydrogen-bond donors (Lipinski definition) is 1. The van der Waals surface area contributed by atoms with Gasteiger partial charge in [0.2, 0.25) is 5.78 Å². The van der Waals surface area contributed by atoms with Crippen LogP contribution in [0.4, 0.5) is 11.4 Å². The van der Waals surface area contributed by atoms with E-state index in [0.717, 1.165) is 28.3 Å². The molecule has 0 aliphatic rings. The number of hydrogen-bond acceptors (Lipinski definition) is 5. The monoisotopic (exact) mass is 311 g/mol. The molecule has 0 aliphatic heterocycles. The quantitative estimate of drug-likeness (QED) is 0.591. The third kappa shape index (κ3) is 2.98. The lowest BCUT2D eigenvalue weighted by Crippen LogP contribution is -2.02. The van der Waals surface area contributed by atoms with E-state index < -0.39 is 4.92 Å². The highest BCUT2D eigenvalue weighted by Crippen LogP contribution is 2.22. The van der Waals surface area contributed by atoms with Gasteiger partial charge in [0.25, 0.3) is 5.69 Å². The molecule has 1 aromatic carbocycles. The molecule has 3 rings (SSSR count). The molecule has 0 fully saturated rings. The molecule has 0 saturated heterocycles. The minimum atomic E-state index is -0.397. The number of imidazole rings is 1. The van der Waals surface area contributed by atoms with Crippen molar-refractivity contribution >= 4 is 17.2 Å². The van der Waals surface area contributed by atoms with Gasteiger partial charge in [-0.25, -0.2) is 9.97 Å². The first kappa shape index (κ1) is 15.0. The van der Waals surface area contributed by atoms with Gasteiger partial charge >= 0.3 is 0 Å². The molecule has 3 aromatic rings. The number of aryl methyl sites for hydroxylation is 3. The molecule has 0 saturated carbocycles. The van der Waals surface area contributed by atoms with E-state index in [4.69, 9.17) is 0 Å². The van der Waals surface area contributed by atoms with E-state index in [9.17, 15) is 10.1 Å². The molecule has 0 bridgehead atoms. The van der Waals surface area contributed by atoms with Crippen molar-refractivity contribution in [3.63, 3.8) is 0 Å². The molecule has 2 heterocycles. The zero-order valence-electron chi connectivity index (χ0n) is 13.2. The fourth-order valence-electron chi connectivity index (χ4n) is 2.50. The molecule has 0 amide bonds. The van der Waals surface area contributed by atoms with Gasteiger partial charge in [-0.1, -0.05) is 6.07 Å². The third-order valence-corrected chi connectivity index (χ3v) is 3.70. The number of nitrogens with one attached hydrogen (secondary N) is 1. The molecule has 2 aromatic heterocycles. The van der Waals surface area contributed by atoms with E-state index in [1.54, 1.807) is 12.1 Å². The Labute approximate surface area is 133 Å². The Morgan fingerprint density at radius 2 is 2.00 bits per heavy atom. The summed E-state index contributed by atoms with van der Waals surface area (Å²) in [6, 6.07) is 6.77. The predicted octanol–water partition coefficient (Wildman–Crippen LogP) is 3.17. The summed E-state index contributed by atoms with van der Waals surface area (Å²) >= 11 is 0. The average molecular weight is 311 g/mol. The first-order chi connectivity index (χ1) is 10.9. The van der Waals surface area contributed by atoms with Gasteiger partial charge in [0, 0.05) is 35.4 Å². The van der Waals surface area contributed by atoms with Crippen molar-refractivity contribution in [1.82, 2.24) is 14.4 Å². The van der Waals surface area contributed by atoms with Crippen LogP contribution >= 0.6 is 0 Å². The van der Waals surface area contributed by atoms with Crippen molar-refractivity contribution in [3.8, 4) is 0 Å². The maximum atomic E-state index is 10.9. The molecule has 23 heavy (non-hydrogen) atoms. The van der Waals surface area contributed by atoms with Crippen molar-refractivity contribution in [3.05, 3.63) is 63.2 Å². The lowest BCUT2D eigenvalue weighted by atomic mass is 10.2. The summed E-state index contributed by atoms with van der Waals surface area (Å²) < 4.78 is 1.93. The van der Waals surface area contributed by atoms with E-state index in [1.807, 2.05) is 37.4 Å². The van der Waals surface area contributed by atoms with Crippen molar-refractivity contribution in [1.29, 1.82) is 0 Å². The minimum Gasteiger partial charge on any atom is -0.379 e. The van der Waals surface area contributed by atoms with Gasteiger partial charge < -0.3 is 5.32 Å². The van der Waals surface area contributed by atoms with Crippen molar-refractivity contribution in [2.45, 2.75) is 27.3 Å². The normalized spacial score (nSPS) is 10.9. The maximum Gasteiger partial charge on any atom is 0.271 e. The van der Waals surface area contributed by atoms with E-state index in [2.05, 4.69) is 15.3 Å². The number of rotatable bonds is 4. The minimum absolute atomic E-state index is 0.0706. The second-order valence-corrected chi connectivity index (χ2v) is 5.55. The summed E-state index contributed by atoms with van der Waals surface area (Å²) in [5.41, 5.74) is 4.58. The lowest BCUT2D eigenvalue weighted by Gasteiger charge is -2.07. The van der Waals surface area contributed by atoms with Crippen LogP contribution in [0.5, 0.6) is 0 Å². The highest BCUT2D eigenvalue weighted by Gasteiger charge is 2.10. The summed E-state index contributed by atoms with van der Waals surface area (Å²) in [5.74, 6) is 0.662. The Kier molecular flexibility index (Phi) is 3.69. The van der Waals surface area contributed by atoms with E-state index in [-0.39, 0.29) is 5.69 Å². The van der Waals surface area contributed by atoms with E-state index in [0.29, 0.717) is 12.3 Å². The Morgan fingerprint density at radius 3 is 2.74 bits per heavy atom. The fourth-order valence-corrected chi connectivity index (χ4v) is 2.50. The molecule has 0 unspecified atom stereocenters. The van der Waals surface area contributed by atoms with Crippen LogP contribution in [0, 0.1) is 30.9 Å². The Hall–Kier alpha value is -2.96. The number of benzene rings is 1. The highest BCUT2D eigenvalue weighted by molar-refractivity contribution is 5.57. The number of nitro benzene ring substituents is 1. The number of aromatic nitrogens is 3. The Morgan fingerprint density at radius 1 is 1.22 bits per heavy atom. The first-order valence-corrected chi connectivity index (χ1v) is 7.25. The molecule has 0 atom stereocenters. The van der Waals surface area contributed by atoms with Crippen LogP contribution < -0.4 is 5.32 Å². The summed E-state index contributed by atoms with van der Waals surface area (Å²) in [5, 5.41) is 14.1. The second-order valence-electron chi connectivity index (χ2n) is 5.55. The SMILES string of the molecule is Cc1cc(C)n2cc(CNc3cc([N+](=O)[O-])ccc3C)nc2n1. The van der Waals surface area contributed by atoms with Crippen molar-refractivity contribution in [2.75, 3.05) is 5.32 Å². The van der Waals surface area contributed by atoms with Crippen LogP contribution in [0.2, 0.25) is 0 Å². The van der Waals surface area contributed by atoms with Gasteiger partial charge in [0.15, 0.2) is 0 Å². The Balaban J connectivity index is 1.85. The zero-order valence-corrected chi connectivity index (χ0v) is 13.2. The summed E-state index contributed by atoms with van der Waals surface area (Å²) in [6.45, 7) is 6.33. The van der Waals surface area contributed by atoms with Gasteiger partial charge in [0.05, 0.1) is 17.2 Å². The topological polar surface area (TPSA) is 85.4 Å². The van der Waals surface area contributed by atoms with E-state index in [1.165, 1.54) is 6.07 Å². The van der Waals surface area contributed by atoms with Gasteiger partial charge in [-0.15, -0.1) is 0 Å². The maximum absolute atomic E-state index is 10.9. The number of fused-ring (bicyclic) bond motifs is 1. The van der Waals surface area contributed by atoms with Crippen LogP contribution in [0.15, 0.2) is 30.5 Å². The van der Waals surface area contributed by atoms with Crippen LogP contribution in [0.1, 0.15) is 22.6 Å². The molecule has 0 aliphatic carbocycles. The van der Waals surface area contributed by atoms with Gasteiger partial charge in [-0.3, -0.25) is 14.5 Å². The molecule has 118 valence electrons. The van der Waals surface area contributed by atoms with Crippen LogP contribution in [0.3, 0.4) is 0 Å². The van der Waals surface area contributed by atoms with Gasteiger partial charge in [0.1, 0.15) is 0 Å². The van der Waals surface area contributed by atoms with Crippen LogP contribution in [-0.4, -0.2) is 19.3 Å². The first-order valence-electron chi connectivity index (χ1n) is 7.25. The standard InChI is InChI=1S/C16H17N5O2/c1-10-4-5-14(21(22)23)7-15(10)17-8-13-9-20-12(3)6-11(2)18-16(20)19-13/h4-7,9,17H,8H2,1-3H3.